The van der Waals surface area contributed by atoms with Crippen molar-refractivity contribution in [2.24, 2.45) is 5.92 Å². The van der Waals surface area contributed by atoms with Crippen LogP contribution >= 0.6 is 0 Å². The summed E-state index contributed by atoms with van der Waals surface area (Å²) in [4.78, 5) is 0. The maximum Gasteiger partial charge on any atom is 0.168 e. The summed E-state index contributed by atoms with van der Waals surface area (Å²) in [5, 5.41) is 0. The van der Waals surface area contributed by atoms with Gasteiger partial charge in [0.2, 0.25) is 0 Å². The molecule has 2 fully saturated rings. The SMILES string of the molecule is Cc1c(C2CC2)ccc(OCCC2CCC2)c1F. The maximum absolute atomic E-state index is 14.1. The van der Waals surface area contributed by atoms with Gasteiger partial charge in [0.25, 0.3) is 0 Å². The quantitative estimate of drug-likeness (QED) is 0.741. The van der Waals surface area contributed by atoms with E-state index in [-0.39, 0.29) is 5.82 Å². The second kappa shape index (κ2) is 4.91. The fourth-order valence-corrected chi connectivity index (χ4v) is 2.74. The molecule has 1 aromatic carbocycles. The van der Waals surface area contributed by atoms with Gasteiger partial charge < -0.3 is 4.74 Å². The van der Waals surface area contributed by atoms with Gasteiger partial charge in [0.15, 0.2) is 11.6 Å². The van der Waals surface area contributed by atoms with Gasteiger partial charge in [-0.15, -0.1) is 0 Å². The fraction of sp³-hybridized carbons (Fsp3) is 0.625. The van der Waals surface area contributed by atoms with Crippen LogP contribution in [-0.2, 0) is 0 Å². The van der Waals surface area contributed by atoms with Gasteiger partial charge >= 0.3 is 0 Å². The number of hydrogen-bond acceptors (Lipinski definition) is 1. The highest BCUT2D eigenvalue weighted by molar-refractivity contribution is 5.40. The molecule has 1 nitrogen and oxygen atoms in total. The Kier molecular flexibility index (Phi) is 3.27. The topological polar surface area (TPSA) is 9.23 Å². The van der Waals surface area contributed by atoms with Gasteiger partial charge in [-0.3, -0.25) is 0 Å². The Morgan fingerprint density at radius 1 is 1.22 bits per heavy atom. The predicted molar refractivity (Wildman–Crippen MR) is 70.6 cm³/mol. The van der Waals surface area contributed by atoms with Crippen LogP contribution in [-0.4, -0.2) is 6.61 Å². The standard InChI is InChI=1S/C16H21FO/c1-11-14(13-5-6-13)7-8-15(16(11)17)18-10-9-12-3-2-4-12/h7-8,12-13H,2-6,9-10H2,1H3. The summed E-state index contributed by atoms with van der Waals surface area (Å²) < 4.78 is 19.7. The monoisotopic (exact) mass is 248 g/mol. The van der Waals surface area contributed by atoms with Crippen LogP contribution < -0.4 is 4.74 Å². The van der Waals surface area contributed by atoms with Crippen molar-refractivity contribution < 1.29 is 9.13 Å². The normalized spacial score (nSPS) is 19.7. The molecule has 0 spiro atoms. The lowest BCUT2D eigenvalue weighted by Gasteiger charge is -2.25. The molecule has 98 valence electrons. The van der Waals surface area contributed by atoms with Gasteiger partial charge in [0.05, 0.1) is 6.61 Å². The summed E-state index contributed by atoms with van der Waals surface area (Å²) >= 11 is 0. The molecule has 0 bridgehead atoms. The van der Waals surface area contributed by atoms with Crippen LogP contribution in [0.2, 0.25) is 0 Å². The third-order valence-corrected chi connectivity index (χ3v) is 4.42. The van der Waals surface area contributed by atoms with E-state index in [1.807, 2.05) is 13.0 Å². The lowest BCUT2D eigenvalue weighted by molar-refractivity contribution is 0.216. The molecule has 2 aliphatic rings. The highest BCUT2D eigenvalue weighted by Gasteiger charge is 2.27. The molecular formula is C16H21FO. The molecule has 0 amide bonds. The van der Waals surface area contributed by atoms with Crippen molar-refractivity contribution in [1.29, 1.82) is 0 Å². The lowest BCUT2D eigenvalue weighted by atomic mass is 9.83. The first-order valence-corrected chi connectivity index (χ1v) is 7.17. The molecule has 0 saturated heterocycles. The molecule has 18 heavy (non-hydrogen) atoms. The second-order valence-corrected chi connectivity index (χ2v) is 5.80. The number of benzene rings is 1. The molecule has 0 unspecified atom stereocenters. The van der Waals surface area contributed by atoms with Crippen LogP contribution in [0.15, 0.2) is 12.1 Å². The molecule has 3 rings (SSSR count). The van der Waals surface area contributed by atoms with Crippen molar-refractivity contribution in [1.82, 2.24) is 0 Å². The largest absolute Gasteiger partial charge is 0.490 e. The molecular weight excluding hydrogens is 227 g/mol. The van der Waals surface area contributed by atoms with E-state index in [4.69, 9.17) is 4.74 Å². The van der Waals surface area contributed by atoms with Crippen LogP contribution in [0.4, 0.5) is 4.39 Å². The smallest absolute Gasteiger partial charge is 0.168 e. The molecule has 0 aliphatic heterocycles. The molecule has 0 aromatic heterocycles. The minimum absolute atomic E-state index is 0.145. The third-order valence-electron chi connectivity index (χ3n) is 4.42. The summed E-state index contributed by atoms with van der Waals surface area (Å²) in [6, 6.07) is 3.87. The fourth-order valence-electron chi connectivity index (χ4n) is 2.74. The predicted octanol–water partition coefficient (Wildman–Crippen LogP) is 4.58. The van der Waals surface area contributed by atoms with E-state index in [9.17, 15) is 4.39 Å². The van der Waals surface area contributed by atoms with E-state index in [0.29, 0.717) is 18.3 Å². The lowest BCUT2D eigenvalue weighted by Crippen LogP contribution is -2.14. The van der Waals surface area contributed by atoms with E-state index < -0.39 is 0 Å². The van der Waals surface area contributed by atoms with E-state index in [1.54, 1.807) is 0 Å². The van der Waals surface area contributed by atoms with Crippen molar-refractivity contribution >= 4 is 0 Å². The zero-order chi connectivity index (χ0) is 12.5. The molecule has 0 heterocycles. The molecule has 2 heteroatoms. The minimum Gasteiger partial charge on any atom is -0.490 e. The van der Waals surface area contributed by atoms with Gasteiger partial charge in [-0.1, -0.05) is 25.3 Å². The van der Waals surface area contributed by atoms with E-state index in [1.165, 1.54) is 37.7 Å². The van der Waals surface area contributed by atoms with E-state index >= 15 is 0 Å². The summed E-state index contributed by atoms with van der Waals surface area (Å²) in [5.74, 6) is 1.72. The first kappa shape index (κ1) is 12.0. The van der Waals surface area contributed by atoms with Gasteiger partial charge in [-0.25, -0.2) is 4.39 Å². The summed E-state index contributed by atoms with van der Waals surface area (Å²) in [6.07, 6.45) is 7.50. The maximum atomic E-state index is 14.1. The van der Waals surface area contributed by atoms with Crippen molar-refractivity contribution in [3.8, 4) is 5.75 Å². The third kappa shape index (κ3) is 2.38. The molecule has 2 saturated carbocycles. The van der Waals surface area contributed by atoms with Gasteiger partial charge in [0.1, 0.15) is 0 Å². The Morgan fingerprint density at radius 3 is 2.61 bits per heavy atom. The average Bonchev–Trinajstić information content (AvgIpc) is 3.11. The molecule has 2 aliphatic carbocycles. The highest BCUT2D eigenvalue weighted by Crippen LogP contribution is 2.43. The van der Waals surface area contributed by atoms with Gasteiger partial charge in [-0.2, -0.15) is 0 Å². The van der Waals surface area contributed by atoms with Crippen molar-refractivity contribution in [2.45, 2.75) is 51.4 Å². The van der Waals surface area contributed by atoms with Crippen LogP contribution in [0.1, 0.15) is 55.6 Å². The number of ether oxygens (including phenoxy) is 1. The number of rotatable bonds is 5. The van der Waals surface area contributed by atoms with Crippen LogP contribution in [0.25, 0.3) is 0 Å². The Labute approximate surface area is 108 Å². The first-order chi connectivity index (χ1) is 8.75. The number of hydrogen-bond donors (Lipinski definition) is 0. The molecule has 0 radical (unpaired) electrons. The van der Waals surface area contributed by atoms with Gasteiger partial charge in [-0.05, 0) is 55.2 Å². The van der Waals surface area contributed by atoms with E-state index in [0.717, 1.165) is 17.9 Å². The Bertz CT molecular complexity index is 433. The summed E-state index contributed by atoms with van der Waals surface area (Å²) in [7, 11) is 0. The van der Waals surface area contributed by atoms with Gasteiger partial charge in [0, 0.05) is 0 Å². The summed E-state index contributed by atoms with van der Waals surface area (Å²) in [5.41, 5.74) is 1.97. The summed E-state index contributed by atoms with van der Waals surface area (Å²) in [6.45, 7) is 2.53. The van der Waals surface area contributed by atoms with Crippen molar-refractivity contribution in [3.63, 3.8) is 0 Å². The molecule has 0 atom stereocenters. The average molecular weight is 248 g/mol. The second-order valence-electron chi connectivity index (χ2n) is 5.80. The first-order valence-electron chi connectivity index (χ1n) is 7.17. The van der Waals surface area contributed by atoms with Crippen LogP contribution in [0.3, 0.4) is 0 Å². The zero-order valence-corrected chi connectivity index (χ0v) is 11.0. The zero-order valence-electron chi connectivity index (χ0n) is 11.0. The van der Waals surface area contributed by atoms with E-state index in [2.05, 4.69) is 6.07 Å². The van der Waals surface area contributed by atoms with Crippen LogP contribution in [0, 0.1) is 18.7 Å². The Morgan fingerprint density at radius 2 is 2.00 bits per heavy atom. The Balaban J connectivity index is 1.62. The minimum atomic E-state index is -0.145. The van der Waals surface area contributed by atoms with Crippen molar-refractivity contribution in [2.75, 3.05) is 6.61 Å². The molecule has 0 N–H and O–H groups in total. The molecule has 1 aromatic rings. The Hall–Kier alpha value is -1.05. The van der Waals surface area contributed by atoms with Crippen molar-refractivity contribution in [3.05, 3.63) is 29.1 Å². The number of halogens is 1. The van der Waals surface area contributed by atoms with Crippen LogP contribution in [0.5, 0.6) is 5.75 Å². The highest BCUT2D eigenvalue weighted by atomic mass is 19.1.